The number of para-hydroxylation sites is 1. The number of halogens is 1. The molecule has 0 saturated heterocycles. The van der Waals surface area contributed by atoms with Crippen LogP contribution in [0.25, 0.3) is 0 Å². The molecule has 3 rings (SSSR count). The number of esters is 1. The highest BCUT2D eigenvalue weighted by Gasteiger charge is 2.38. The van der Waals surface area contributed by atoms with E-state index >= 15 is 0 Å². The van der Waals surface area contributed by atoms with Crippen LogP contribution < -0.4 is 9.47 Å². The van der Waals surface area contributed by atoms with E-state index in [-0.39, 0.29) is 31.3 Å². The van der Waals surface area contributed by atoms with Crippen LogP contribution in [0, 0.1) is 5.82 Å². The van der Waals surface area contributed by atoms with E-state index in [2.05, 4.69) is 0 Å². The first-order valence-electron chi connectivity index (χ1n) is 10.0. The monoisotopic (exact) mass is 427 g/mol. The summed E-state index contributed by atoms with van der Waals surface area (Å²) in [4.78, 5) is 27.6. The van der Waals surface area contributed by atoms with E-state index in [1.165, 1.54) is 26.4 Å². The number of nitrogens with zero attached hydrogens (tertiary/aromatic N) is 1. The molecule has 0 aliphatic carbocycles. The molecule has 1 amide bonds. The lowest BCUT2D eigenvalue weighted by Gasteiger charge is -2.35. The molecule has 1 atom stereocenters. The van der Waals surface area contributed by atoms with Gasteiger partial charge in [-0.15, -0.1) is 0 Å². The van der Waals surface area contributed by atoms with Crippen LogP contribution in [-0.2, 0) is 20.9 Å². The number of methoxy groups -OCH3 is 2. The fourth-order valence-electron chi connectivity index (χ4n) is 3.90. The molecule has 31 heavy (non-hydrogen) atoms. The second-order valence-corrected chi connectivity index (χ2v) is 7.17. The number of allylic oxidation sites excluding steroid dienone is 1. The third-order valence-electron chi connectivity index (χ3n) is 5.38. The maximum absolute atomic E-state index is 13.3. The Morgan fingerprint density at radius 2 is 1.84 bits per heavy atom. The van der Waals surface area contributed by atoms with Crippen LogP contribution >= 0.6 is 0 Å². The lowest BCUT2D eigenvalue weighted by molar-refractivity contribution is -0.140. The Balaban J connectivity index is 2.09. The maximum Gasteiger partial charge on any atom is 0.336 e. The van der Waals surface area contributed by atoms with E-state index in [0.717, 1.165) is 5.56 Å². The van der Waals surface area contributed by atoms with Crippen LogP contribution in [0.15, 0.2) is 53.7 Å². The number of benzene rings is 2. The Morgan fingerprint density at radius 1 is 1.13 bits per heavy atom. The normalized spacial score (nSPS) is 16.4. The fourth-order valence-corrected chi connectivity index (χ4v) is 3.90. The lowest BCUT2D eigenvalue weighted by Crippen LogP contribution is -2.38. The summed E-state index contributed by atoms with van der Waals surface area (Å²) in [6, 6.07) is 11.3. The lowest BCUT2D eigenvalue weighted by atomic mass is 9.83. The van der Waals surface area contributed by atoms with Gasteiger partial charge in [0.05, 0.1) is 32.9 Å². The number of hydrogen-bond acceptors (Lipinski definition) is 5. The molecule has 0 bridgehead atoms. The minimum atomic E-state index is -0.541. The molecule has 0 aromatic heterocycles. The number of carbonyl (C=O) groups excluding carboxylic acids is 2. The third kappa shape index (κ3) is 4.55. The van der Waals surface area contributed by atoms with Crippen molar-refractivity contribution in [3.05, 3.63) is 70.7 Å². The van der Waals surface area contributed by atoms with Gasteiger partial charge in [-0.1, -0.05) is 24.3 Å². The average molecular weight is 427 g/mol. The first kappa shape index (κ1) is 22.3. The number of ether oxygens (including phenoxy) is 3. The minimum absolute atomic E-state index is 0.0657. The van der Waals surface area contributed by atoms with Crippen molar-refractivity contribution in [1.82, 2.24) is 4.90 Å². The molecule has 0 saturated carbocycles. The van der Waals surface area contributed by atoms with Crippen LogP contribution in [0.3, 0.4) is 0 Å². The highest BCUT2D eigenvalue weighted by molar-refractivity contribution is 5.96. The van der Waals surface area contributed by atoms with Crippen LogP contribution in [0.5, 0.6) is 11.5 Å². The van der Waals surface area contributed by atoms with E-state index in [4.69, 9.17) is 14.2 Å². The van der Waals surface area contributed by atoms with Crippen LogP contribution in [0.4, 0.5) is 4.39 Å². The van der Waals surface area contributed by atoms with Gasteiger partial charge in [0.2, 0.25) is 5.91 Å². The smallest absolute Gasteiger partial charge is 0.336 e. The molecular weight excluding hydrogens is 401 g/mol. The van der Waals surface area contributed by atoms with Crippen molar-refractivity contribution in [2.24, 2.45) is 0 Å². The summed E-state index contributed by atoms with van der Waals surface area (Å²) >= 11 is 0. The van der Waals surface area contributed by atoms with Crippen LogP contribution in [0.2, 0.25) is 0 Å². The quantitative estimate of drug-likeness (QED) is 0.620. The molecule has 1 heterocycles. The maximum atomic E-state index is 13.3. The largest absolute Gasteiger partial charge is 0.493 e. The van der Waals surface area contributed by atoms with E-state index < -0.39 is 11.9 Å². The summed E-state index contributed by atoms with van der Waals surface area (Å²) in [7, 11) is 3.05. The van der Waals surface area contributed by atoms with Crippen molar-refractivity contribution in [2.45, 2.75) is 32.7 Å². The summed E-state index contributed by atoms with van der Waals surface area (Å²) in [6.07, 6.45) is 0.0657. The van der Waals surface area contributed by atoms with Gasteiger partial charge in [-0.2, -0.15) is 0 Å². The Kier molecular flexibility index (Phi) is 6.95. The summed E-state index contributed by atoms with van der Waals surface area (Å²) in [6.45, 7) is 3.91. The Bertz CT molecular complexity index is 1000. The van der Waals surface area contributed by atoms with Gasteiger partial charge in [-0.05, 0) is 37.6 Å². The highest BCUT2D eigenvalue weighted by atomic mass is 19.1. The molecule has 2 aromatic rings. The molecule has 0 unspecified atom stereocenters. The molecule has 2 aromatic carbocycles. The van der Waals surface area contributed by atoms with Crippen molar-refractivity contribution < 1.29 is 28.2 Å². The molecule has 1 aliphatic rings. The zero-order valence-electron chi connectivity index (χ0n) is 18.1. The molecule has 6 nitrogen and oxygen atoms in total. The Labute approximate surface area is 181 Å². The van der Waals surface area contributed by atoms with Crippen molar-refractivity contribution in [3.63, 3.8) is 0 Å². The molecule has 7 heteroatoms. The molecule has 0 fully saturated rings. The Morgan fingerprint density at radius 3 is 2.45 bits per heavy atom. The summed E-state index contributed by atoms with van der Waals surface area (Å²) in [5.41, 5.74) is 2.35. The predicted octanol–water partition coefficient (Wildman–Crippen LogP) is 4.20. The zero-order valence-corrected chi connectivity index (χ0v) is 18.1. The molecule has 0 spiro atoms. The highest BCUT2D eigenvalue weighted by Crippen LogP contribution is 2.44. The average Bonchev–Trinajstić information content (AvgIpc) is 2.76. The standard InChI is InChI=1S/C24H26FNO5/c1-5-31-24(28)22-15(2)26(14-16-9-11-17(25)12-10-16)21(27)13-19(22)18-7-6-8-20(29-3)23(18)30-4/h6-12,19H,5,13-14H2,1-4H3/t19-/m0/s1. The summed E-state index contributed by atoms with van der Waals surface area (Å²) < 4.78 is 29.5. The topological polar surface area (TPSA) is 65.1 Å². The van der Waals surface area contributed by atoms with Gasteiger partial charge in [0.25, 0.3) is 0 Å². The Hall–Kier alpha value is -3.35. The molecule has 1 aliphatic heterocycles. The van der Waals surface area contributed by atoms with E-state index in [9.17, 15) is 14.0 Å². The molecular formula is C24H26FNO5. The SMILES string of the molecule is CCOC(=O)C1=C(C)N(Cc2ccc(F)cc2)C(=O)C[C@H]1c1cccc(OC)c1OC. The van der Waals surface area contributed by atoms with Gasteiger partial charge >= 0.3 is 5.97 Å². The second-order valence-electron chi connectivity index (χ2n) is 7.17. The first-order chi connectivity index (χ1) is 14.9. The minimum Gasteiger partial charge on any atom is -0.493 e. The zero-order chi connectivity index (χ0) is 22.5. The van der Waals surface area contributed by atoms with Crippen LogP contribution in [-0.4, -0.2) is 37.6 Å². The number of amides is 1. The van der Waals surface area contributed by atoms with E-state index in [0.29, 0.717) is 28.3 Å². The molecule has 164 valence electrons. The van der Waals surface area contributed by atoms with Gasteiger partial charge in [-0.25, -0.2) is 9.18 Å². The van der Waals surface area contributed by atoms with E-state index in [1.54, 1.807) is 43.0 Å². The first-order valence-corrected chi connectivity index (χ1v) is 10.0. The van der Waals surface area contributed by atoms with Gasteiger partial charge in [0.15, 0.2) is 11.5 Å². The number of rotatable bonds is 7. The van der Waals surface area contributed by atoms with Crippen molar-refractivity contribution in [3.8, 4) is 11.5 Å². The van der Waals surface area contributed by atoms with Gasteiger partial charge < -0.3 is 19.1 Å². The van der Waals surface area contributed by atoms with Crippen molar-refractivity contribution in [1.29, 1.82) is 0 Å². The molecule has 0 radical (unpaired) electrons. The fraction of sp³-hybridized carbons (Fsp3) is 0.333. The van der Waals surface area contributed by atoms with Crippen LogP contribution in [0.1, 0.15) is 37.3 Å². The number of carbonyl (C=O) groups is 2. The van der Waals surface area contributed by atoms with Crippen molar-refractivity contribution >= 4 is 11.9 Å². The van der Waals surface area contributed by atoms with Crippen molar-refractivity contribution in [2.75, 3.05) is 20.8 Å². The van der Waals surface area contributed by atoms with Gasteiger partial charge in [-0.3, -0.25) is 4.79 Å². The number of hydrogen-bond donors (Lipinski definition) is 0. The summed E-state index contributed by atoms with van der Waals surface area (Å²) in [5.74, 6) is -0.526. The summed E-state index contributed by atoms with van der Waals surface area (Å²) in [5, 5.41) is 0. The second kappa shape index (κ2) is 9.64. The van der Waals surface area contributed by atoms with E-state index in [1.807, 2.05) is 6.07 Å². The predicted molar refractivity (Wildman–Crippen MR) is 113 cm³/mol. The molecule has 0 N–H and O–H groups in total. The van der Waals surface area contributed by atoms with Gasteiger partial charge in [0.1, 0.15) is 5.82 Å². The third-order valence-corrected chi connectivity index (χ3v) is 5.38. The van der Waals surface area contributed by atoms with Gasteiger partial charge in [0, 0.05) is 23.6 Å².